The Labute approximate surface area is 125 Å². The van der Waals surface area contributed by atoms with Crippen LogP contribution in [0.2, 0.25) is 13.1 Å². The van der Waals surface area contributed by atoms with Gasteiger partial charge in [-0.3, -0.25) is 0 Å². The van der Waals surface area contributed by atoms with Gasteiger partial charge in [0.05, 0.1) is 0 Å². The molecule has 0 amide bonds. The second-order valence-electron chi connectivity index (χ2n) is 4.05. The van der Waals surface area contributed by atoms with E-state index in [0.717, 1.165) is 19.4 Å². The maximum absolute atomic E-state index is 5.81. The SMILES string of the molecule is CCOC(CC1=[C]([Ti+2])CC=C1)[SiH](C)C.[Cl-].[Cl-]. The van der Waals surface area contributed by atoms with Gasteiger partial charge in [-0.05, 0) is 0 Å². The molecule has 0 N–H and O–H groups in total. The molecule has 1 aliphatic rings. The number of halogens is 2. The molecule has 0 aromatic rings. The van der Waals surface area contributed by atoms with Crippen molar-refractivity contribution in [3.63, 3.8) is 0 Å². The Balaban J connectivity index is 0. The number of hydrogen-bond donors (Lipinski definition) is 0. The molecule has 0 saturated heterocycles. The minimum Gasteiger partial charge on any atom is -1.00 e. The second kappa shape index (κ2) is 9.93. The maximum Gasteiger partial charge on any atom is -1.00 e. The van der Waals surface area contributed by atoms with E-state index in [4.69, 9.17) is 4.74 Å². The molecule has 5 heteroatoms. The van der Waals surface area contributed by atoms with E-state index < -0.39 is 8.80 Å². The molecule has 0 spiro atoms. The molecule has 1 atom stereocenters. The Morgan fingerprint density at radius 3 is 2.44 bits per heavy atom. The van der Waals surface area contributed by atoms with E-state index in [-0.39, 0.29) is 24.8 Å². The molecule has 0 heterocycles. The number of rotatable bonds is 5. The normalized spacial score (nSPS) is 16.1. The van der Waals surface area contributed by atoms with Gasteiger partial charge in [-0.15, -0.1) is 0 Å². The van der Waals surface area contributed by atoms with Crippen molar-refractivity contribution in [2.45, 2.75) is 38.6 Å². The average Bonchev–Trinajstić information content (AvgIpc) is 2.51. The average molecular weight is 314 g/mol. The summed E-state index contributed by atoms with van der Waals surface area (Å²) < 4.78 is 7.34. The van der Waals surface area contributed by atoms with E-state index in [1.807, 2.05) is 0 Å². The van der Waals surface area contributed by atoms with E-state index in [9.17, 15) is 0 Å². The first-order valence-electron chi connectivity index (χ1n) is 5.37. The van der Waals surface area contributed by atoms with Gasteiger partial charge in [0.1, 0.15) is 0 Å². The summed E-state index contributed by atoms with van der Waals surface area (Å²) in [6, 6.07) is 0. The molecule has 0 bridgehead atoms. The molecule has 0 aliphatic heterocycles. The topological polar surface area (TPSA) is 9.23 Å². The van der Waals surface area contributed by atoms with Crippen LogP contribution in [0.25, 0.3) is 0 Å². The van der Waals surface area contributed by atoms with Gasteiger partial charge in [0.15, 0.2) is 0 Å². The number of hydrogen-bond acceptors (Lipinski definition) is 1. The molecule has 0 aromatic carbocycles. The monoisotopic (exact) mass is 313 g/mol. The van der Waals surface area contributed by atoms with E-state index in [0.29, 0.717) is 5.73 Å². The minimum atomic E-state index is -0.677. The van der Waals surface area contributed by atoms with Gasteiger partial charge in [0.25, 0.3) is 0 Å². The molecular formula is C11H19Cl2OSiTi. The van der Waals surface area contributed by atoms with Crippen molar-refractivity contribution in [1.82, 2.24) is 0 Å². The maximum atomic E-state index is 5.81. The predicted octanol–water partition coefficient (Wildman–Crippen LogP) is -3.42. The first kappa shape index (κ1) is 19.3. The second-order valence-corrected chi connectivity index (χ2v) is 8.23. The Kier molecular flexibility index (Phi) is 12.0. The van der Waals surface area contributed by atoms with Crippen molar-refractivity contribution in [2.75, 3.05) is 6.61 Å². The zero-order valence-corrected chi connectivity index (χ0v) is 14.3. The molecule has 16 heavy (non-hydrogen) atoms. The molecule has 91 valence electrons. The Bertz CT molecular complexity index is 254. The zero-order valence-electron chi connectivity index (χ0n) is 10.1. The van der Waals surface area contributed by atoms with Crippen LogP contribution in [-0.2, 0) is 25.2 Å². The van der Waals surface area contributed by atoms with Crippen molar-refractivity contribution < 1.29 is 50.0 Å². The fourth-order valence-electron chi connectivity index (χ4n) is 1.66. The quantitative estimate of drug-likeness (QED) is 0.480. The third-order valence-corrected chi connectivity index (χ3v) is 5.31. The van der Waals surface area contributed by atoms with Crippen LogP contribution < -0.4 is 24.8 Å². The van der Waals surface area contributed by atoms with Crippen LogP contribution in [0, 0.1) is 0 Å². The van der Waals surface area contributed by atoms with Crippen LogP contribution in [0.1, 0.15) is 19.8 Å². The third kappa shape index (κ3) is 6.04. The Morgan fingerprint density at radius 1 is 1.44 bits per heavy atom. The summed E-state index contributed by atoms with van der Waals surface area (Å²) in [7, 11) is -0.677. The van der Waals surface area contributed by atoms with E-state index in [1.165, 1.54) is 9.45 Å². The fourth-order valence-corrected chi connectivity index (χ4v) is 3.44. The largest absolute Gasteiger partial charge is 1.00 e. The van der Waals surface area contributed by atoms with E-state index >= 15 is 0 Å². The fraction of sp³-hybridized carbons (Fsp3) is 0.636. The van der Waals surface area contributed by atoms with Gasteiger partial charge in [-0.25, -0.2) is 0 Å². The molecule has 0 saturated carbocycles. The van der Waals surface area contributed by atoms with Gasteiger partial charge in [0.2, 0.25) is 0 Å². The summed E-state index contributed by atoms with van der Waals surface area (Å²) >= 11 is 2.24. The van der Waals surface area contributed by atoms with E-state index in [2.05, 4.69) is 52.6 Å². The molecular weight excluding hydrogens is 295 g/mol. The van der Waals surface area contributed by atoms with Crippen LogP contribution in [-0.4, -0.2) is 21.1 Å². The van der Waals surface area contributed by atoms with Gasteiger partial charge < -0.3 is 24.8 Å². The van der Waals surface area contributed by atoms with Gasteiger partial charge in [-0.1, -0.05) is 0 Å². The summed E-state index contributed by atoms with van der Waals surface area (Å²) in [5.74, 6) is 0. The van der Waals surface area contributed by atoms with Crippen LogP contribution in [0.4, 0.5) is 0 Å². The van der Waals surface area contributed by atoms with Crippen LogP contribution >= 0.6 is 0 Å². The third-order valence-electron chi connectivity index (χ3n) is 2.57. The molecule has 1 rings (SSSR count). The molecule has 1 nitrogen and oxygen atoms in total. The summed E-state index contributed by atoms with van der Waals surface area (Å²) in [5.41, 5.74) is 2.04. The smallest absolute Gasteiger partial charge is 1.00 e. The van der Waals surface area contributed by atoms with Gasteiger partial charge in [-0.2, -0.15) is 0 Å². The Hall–Kier alpha value is 0.951. The molecule has 1 unspecified atom stereocenters. The molecule has 1 aliphatic carbocycles. The zero-order chi connectivity index (χ0) is 10.6. The first-order valence-corrected chi connectivity index (χ1v) is 9.12. The van der Waals surface area contributed by atoms with Gasteiger partial charge >= 0.3 is 101 Å². The van der Waals surface area contributed by atoms with Crippen molar-refractivity contribution in [2.24, 2.45) is 0 Å². The minimum absolute atomic E-state index is 0. The molecule has 0 aromatic heterocycles. The van der Waals surface area contributed by atoms with Crippen molar-refractivity contribution in [1.29, 1.82) is 0 Å². The number of ether oxygens (including phenoxy) is 1. The summed E-state index contributed by atoms with van der Waals surface area (Å²) in [6.07, 6.45) is 6.82. The van der Waals surface area contributed by atoms with Crippen LogP contribution in [0.15, 0.2) is 21.6 Å². The first-order chi connectivity index (χ1) is 6.65. The summed E-state index contributed by atoms with van der Waals surface area (Å²) in [4.78, 5) is 0. The van der Waals surface area contributed by atoms with E-state index in [1.54, 1.807) is 0 Å². The standard InChI is InChI=1S/C11H19OSi.2ClH.Ti/c1-4-12-11(13(2)3)9-10-7-5-6-8-10;;;/h5,7,11,13H,4,6,9H2,1-3H3;2*1H;/q;;;+2/p-2. The number of allylic oxidation sites excluding steroid dienone is 3. The van der Waals surface area contributed by atoms with Gasteiger partial charge in [0, 0.05) is 0 Å². The molecule has 0 radical (unpaired) electrons. The Morgan fingerprint density at radius 2 is 2.06 bits per heavy atom. The summed E-state index contributed by atoms with van der Waals surface area (Å²) in [6.45, 7) is 7.69. The van der Waals surface area contributed by atoms with Crippen molar-refractivity contribution >= 4 is 8.80 Å². The van der Waals surface area contributed by atoms with Crippen molar-refractivity contribution in [3.05, 3.63) is 21.6 Å². The summed E-state index contributed by atoms with van der Waals surface area (Å²) in [5, 5.41) is 0. The predicted molar refractivity (Wildman–Crippen MR) is 59.7 cm³/mol. The van der Waals surface area contributed by atoms with Crippen LogP contribution in [0.5, 0.6) is 0 Å². The van der Waals surface area contributed by atoms with Crippen LogP contribution in [0.3, 0.4) is 0 Å². The molecule has 0 fully saturated rings. The van der Waals surface area contributed by atoms with Crippen molar-refractivity contribution in [3.8, 4) is 0 Å².